The van der Waals surface area contributed by atoms with Crippen LogP contribution in [0.15, 0.2) is 48.2 Å². The molecule has 4 aromatic rings. The normalized spacial score (nSPS) is 11.8. The Bertz CT molecular complexity index is 1030. The van der Waals surface area contributed by atoms with Crippen LogP contribution in [0.5, 0.6) is 0 Å². The maximum absolute atomic E-state index is 4.60. The Hall–Kier alpha value is -2.53. The van der Waals surface area contributed by atoms with Gasteiger partial charge in [0.05, 0.1) is 21.4 Å². The zero-order valence-corrected chi connectivity index (χ0v) is 16.3. The first-order valence-corrected chi connectivity index (χ1v) is 9.81. The molecule has 132 valence electrons. The van der Waals surface area contributed by atoms with Crippen molar-refractivity contribution in [2.45, 2.75) is 39.5 Å². The number of thiazole rings is 1. The van der Waals surface area contributed by atoms with Crippen LogP contribution in [0.2, 0.25) is 0 Å². The molecule has 0 aliphatic rings. The predicted molar refractivity (Wildman–Crippen MR) is 108 cm³/mol. The lowest BCUT2D eigenvalue weighted by Crippen LogP contribution is -2.09. The van der Waals surface area contributed by atoms with Gasteiger partial charge in [0.2, 0.25) is 0 Å². The standard InChI is InChI=1S/C21H22N4S/c1-13(2)16-6-5-7-17(14(3)4)20(16)25-21(22-11-24-25)15-8-9-19-18(10-15)23-12-26-19/h5-14H,1-4H3. The molecule has 0 spiro atoms. The molecule has 2 aromatic carbocycles. The van der Waals surface area contributed by atoms with Crippen molar-refractivity contribution in [3.05, 3.63) is 59.4 Å². The summed E-state index contributed by atoms with van der Waals surface area (Å²) in [5.41, 5.74) is 7.65. The van der Waals surface area contributed by atoms with Gasteiger partial charge < -0.3 is 0 Å². The number of para-hydroxylation sites is 1. The largest absolute Gasteiger partial charge is 0.245 e. The third-order valence-corrected chi connectivity index (χ3v) is 5.50. The minimum Gasteiger partial charge on any atom is -0.245 e. The fraction of sp³-hybridized carbons (Fsp3) is 0.286. The van der Waals surface area contributed by atoms with E-state index in [1.807, 2.05) is 10.2 Å². The monoisotopic (exact) mass is 362 g/mol. The van der Waals surface area contributed by atoms with Crippen LogP contribution in [0.3, 0.4) is 0 Å². The van der Waals surface area contributed by atoms with Crippen LogP contribution in [0.1, 0.15) is 50.7 Å². The molecule has 0 aliphatic heterocycles. The van der Waals surface area contributed by atoms with Crippen LogP contribution in [0.25, 0.3) is 27.3 Å². The Morgan fingerprint density at radius 2 is 1.65 bits per heavy atom. The molecule has 0 amide bonds. The number of fused-ring (bicyclic) bond motifs is 1. The van der Waals surface area contributed by atoms with Gasteiger partial charge in [-0.2, -0.15) is 5.10 Å². The second-order valence-corrected chi connectivity index (χ2v) is 8.01. The van der Waals surface area contributed by atoms with Crippen molar-refractivity contribution in [3.63, 3.8) is 0 Å². The van der Waals surface area contributed by atoms with E-state index in [-0.39, 0.29) is 0 Å². The van der Waals surface area contributed by atoms with Gasteiger partial charge >= 0.3 is 0 Å². The van der Waals surface area contributed by atoms with E-state index in [9.17, 15) is 0 Å². The summed E-state index contributed by atoms with van der Waals surface area (Å²) in [6.45, 7) is 8.89. The molecule has 2 heterocycles. The van der Waals surface area contributed by atoms with Gasteiger partial charge in [-0.15, -0.1) is 11.3 Å². The van der Waals surface area contributed by atoms with Crippen molar-refractivity contribution in [2.75, 3.05) is 0 Å². The Morgan fingerprint density at radius 1 is 0.923 bits per heavy atom. The number of hydrogen-bond acceptors (Lipinski definition) is 4. The van der Waals surface area contributed by atoms with Gasteiger partial charge in [0, 0.05) is 5.56 Å². The summed E-state index contributed by atoms with van der Waals surface area (Å²) in [4.78, 5) is 9.03. The fourth-order valence-electron chi connectivity index (χ4n) is 3.36. The van der Waals surface area contributed by atoms with Crippen LogP contribution < -0.4 is 0 Å². The Morgan fingerprint density at radius 3 is 2.35 bits per heavy atom. The molecule has 0 fully saturated rings. The first-order valence-electron chi connectivity index (χ1n) is 8.93. The number of benzene rings is 2. The molecule has 0 aliphatic carbocycles. The summed E-state index contributed by atoms with van der Waals surface area (Å²) < 4.78 is 3.18. The molecule has 0 N–H and O–H groups in total. The number of rotatable bonds is 4. The fourth-order valence-corrected chi connectivity index (χ4v) is 4.01. The summed E-state index contributed by atoms with van der Waals surface area (Å²) in [6, 6.07) is 12.8. The maximum atomic E-state index is 4.60. The molecule has 4 rings (SSSR count). The summed E-state index contributed by atoms with van der Waals surface area (Å²) in [7, 11) is 0. The van der Waals surface area contributed by atoms with Gasteiger partial charge in [0.15, 0.2) is 5.82 Å². The summed E-state index contributed by atoms with van der Waals surface area (Å²) in [5.74, 6) is 1.67. The molecule has 26 heavy (non-hydrogen) atoms. The maximum Gasteiger partial charge on any atom is 0.163 e. The topological polar surface area (TPSA) is 43.6 Å². The van der Waals surface area contributed by atoms with Crippen molar-refractivity contribution in [1.29, 1.82) is 0 Å². The highest BCUT2D eigenvalue weighted by Gasteiger charge is 2.19. The third kappa shape index (κ3) is 2.82. The van der Waals surface area contributed by atoms with Crippen LogP contribution in [0, 0.1) is 0 Å². The summed E-state index contributed by atoms with van der Waals surface area (Å²) >= 11 is 1.65. The molecule has 0 saturated carbocycles. The van der Waals surface area contributed by atoms with Gasteiger partial charge in [-0.05, 0) is 41.2 Å². The minimum absolute atomic E-state index is 0.404. The minimum atomic E-state index is 0.404. The van der Waals surface area contributed by atoms with Crippen molar-refractivity contribution in [1.82, 2.24) is 19.7 Å². The SMILES string of the molecule is CC(C)c1cccc(C(C)C)c1-n1ncnc1-c1ccc2scnc2c1. The van der Waals surface area contributed by atoms with E-state index in [1.54, 1.807) is 17.7 Å². The van der Waals surface area contributed by atoms with Crippen LogP contribution in [0.4, 0.5) is 0 Å². The summed E-state index contributed by atoms with van der Waals surface area (Å²) in [6.07, 6.45) is 1.64. The third-order valence-electron chi connectivity index (χ3n) is 4.69. The zero-order valence-electron chi connectivity index (χ0n) is 15.5. The van der Waals surface area contributed by atoms with Crippen LogP contribution in [-0.2, 0) is 0 Å². The molecule has 2 aromatic heterocycles. The van der Waals surface area contributed by atoms with E-state index in [1.165, 1.54) is 15.8 Å². The van der Waals surface area contributed by atoms with E-state index in [2.05, 4.69) is 79.2 Å². The Balaban J connectivity index is 1.95. The van der Waals surface area contributed by atoms with Crippen LogP contribution in [-0.4, -0.2) is 19.7 Å². The Kier molecular flexibility index (Phi) is 4.32. The van der Waals surface area contributed by atoms with E-state index < -0.39 is 0 Å². The highest BCUT2D eigenvalue weighted by molar-refractivity contribution is 7.16. The average Bonchev–Trinajstić information content (AvgIpc) is 3.29. The molecule has 5 heteroatoms. The molecule has 0 radical (unpaired) electrons. The van der Waals surface area contributed by atoms with Gasteiger partial charge in [0.25, 0.3) is 0 Å². The Labute approximate surface area is 157 Å². The number of aromatic nitrogens is 4. The highest BCUT2D eigenvalue weighted by Crippen LogP contribution is 2.33. The van der Waals surface area contributed by atoms with E-state index in [0.29, 0.717) is 11.8 Å². The number of hydrogen-bond donors (Lipinski definition) is 0. The molecule has 0 atom stereocenters. The number of nitrogens with zero attached hydrogens (tertiary/aromatic N) is 4. The second kappa shape index (κ2) is 6.65. The van der Waals surface area contributed by atoms with Crippen molar-refractivity contribution in [2.24, 2.45) is 0 Å². The lowest BCUT2D eigenvalue weighted by atomic mass is 9.92. The molecular weight excluding hydrogens is 340 g/mol. The van der Waals surface area contributed by atoms with Gasteiger partial charge in [-0.25, -0.2) is 14.6 Å². The second-order valence-electron chi connectivity index (χ2n) is 7.12. The zero-order chi connectivity index (χ0) is 18.3. The van der Waals surface area contributed by atoms with Crippen LogP contribution >= 0.6 is 11.3 Å². The summed E-state index contributed by atoms with van der Waals surface area (Å²) in [5, 5.41) is 4.60. The smallest absolute Gasteiger partial charge is 0.163 e. The average molecular weight is 363 g/mol. The quantitative estimate of drug-likeness (QED) is 0.461. The van der Waals surface area contributed by atoms with Crippen molar-refractivity contribution >= 4 is 21.6 Å². The van der Waals surface area contributed by atoms with E-state index in [0.717, 1.165) is 22.6 Å². The highest BCUT2D eigenvalue weighted by atomic mass is 32.1. The molecule has 0 unspecified atom stereocenters. The lowest BCUT2D eigenvalue weighted by molar-refractivity contribution is 0.773. The van der Waals surface area contributed by atoms with Crippen molar-refractivity contribution in [3.8, 4) is 17.1 Å². The van der Waals surface area contributed by atoms with Crippen molar-refractivity contribution < 1.29 is 0 Å². The molecule has 4 nitrogen and oxygen atoms in total. The molecule has 0 saturated heterocycles. The van der Waals surface area contributed by atoms with Gasteiger partial charge in [0.1, 0.15) is 6.33 Å². The predicted octanol–water partition coefficient (Wildman–Crippen LogP) is 5.79. The van der Waals surface area contributed by atoms with E-state index >= 15 is 0 Å². The van der Waals surface area contributed by atoms with Gasteiger partial charge in [-0.3, -0.25) is 0 Å². The molecule has 0 bridgehead atoms. The molecular formula is C21H22N4S. The lowest BCUT2D eigenvalue weighted by Gasteiger charge is -2.20. The first kappa shape index (κ1) is 16.9. The first-order chi connectivity index (χ1) is 12.6. The van der Waals surface area contributed by atoms with E-state index in [4.69, 9.17) is 0 Å². The van der Waals surface area contributed by atoms with Gasteiger partial charge in [-0.1, -0.05) is 45.9 Å².